The molecule has 2 saturated carbocycles. The van der Waals surface area contributed by atoms with Crippen molar-refractivity contribution in [2.75, 3.05) is 6.61 Å². The van der Waals surface area contributed by atoms with Crippen LogP contribution in [0.1, 0.15) is 26.2 Å². The van der Waals surface area contributed by atoms with Gasteiger partial charge >= 0.3 is 0 Å². The third-order valence-electron chi connectivity index (χ3n) is 4.17. The number of carbonyl (C=O) groups excluding carboxylic acids is 1. The highest BCUT2D eigenvalue weighted by atomic mass is 16.3. The van der Waals surface area contributed by atoms with Crippen LogP contribution in [0.3, 0.4) is 0 Å². The average molecular weight is 168 g/mol. The Morgan fingerprint density at radius 3 is 2.83 bits per heavy atom. The quantitative estimate of drug-likeness (QED) is 0.630. The van der Waals surface area contributed by atoms with Crippen LogP contribution in [0.4, 0.5) is 0 Å². The van der Waals surface area contributed by atoms with E-state index >= 15 is 0 Å². The van der Waals surface area contributed by atoms with Gasteiger partial charge in [0.05, 0.1) is 0 Å². The normalized spacial score (nSPS) is 51.3. The molecular weight excluding hydrogens is 152 g/mol. The summed E-state index contributed by atoms with van der Waals surface area (Å²) in [4.78, 5) is 11.0. The standard InChI is InChI=1S/C10H16O2/c1-10(6-12)8-3-2-7(4-8)9(10)5-11/h6-9,11H,2-5H2,1H3. The minimum Gasteiger partial charge on any atom is -0.396 e. The molecule has 2 aliphatic rings. The van der Waals surface area contributed by atoms with Gasteiger partial charge in [-0.15, -0.1) is 0 Å². The molecule has 4 atom stereocenters. The SMILES string of the molecule is CC1(C=O)C2CCC(C2)C1CO. The lowest BCUT2D eigenvalue weighted by molar-refractivity contribution is -0.122. The molecule has 2 nitrogen and oxygen atoms in total. The highest BCUT2D eigenvalue weighted by molar-refractivity contribution is 5.61. The van der Waals surface area contributed by atoms with E-state index in [4.69, 9.17) is 0 Å². The predicted molar refractivity (Wildman–Crippen MR) is 45.6 cm³/mol. The second kappa shape index (κ2) is 2.56. The average Bonchev–Trinajstić information content (AvgIpc) is 2.63. The number of carbonyl (C=O) groups is 1. The highest BCUT2D eigenvalue weighted by Gasteiger charge is 2.54. The Bertz CT molecular complexity index is 202. The van der Waals surface area contributed by atoms with Crippen molar-refractivity contribution in [3.63, 3.8) is 0 Å². The van der Waals surface area contributed by atoms with Crippen molar-refractivity contribution in [3.8, 4) is 0 Å². The zero-order valence-corrected chi connectivity index (χ0v) is 7.49. The molecule has 1 N–H and O–H groups in total. The summed E-state index contributed by atoms with van der Waals surface area (Å²) in [6.45, 7) is 2.21. The molecule has 0 saturated heterocycles. The van der Waals surface area contributed by atoms with Crippen molar-refractivity contribution < 1.29 is 9.90 Å². The van der Waals surface area contributed by atoms with Crippen molar-refractivity contribution in [1.29, 1.82) is 0 Å². The number of aliphatic hydroxyl groups is 1. The van der Waals surface area contributed by atoms with Crippen LogP contribution < -0.4 is 0 Å². The first-order chi connectivity index (χ1) is 5.72. The number of fused-ring (bicyclic) bond motifs is 2. The Labute approximate surface area is 73.0 Å². The summed E-state index contributed by atoms with van der Waals surface area (Å²) < 4.78 is 0. The molecule has 2 heteroatoms. The van der Waals surface area contributed by atoms with Crippen LogP contribution in [0.25, 0.3) is 0 Å². The van der Waals surface area contributed by atoms with Gasteiger partial charge in [0.15, 0.2) is 0 Å². The van der Waals surface area contributed by atoms with Gasteiger partial charge in [-0.3, -0.25) is 0 Å². The van der Waals surface area contributed by atoms with Crippen LogP contribution in [0, 0.1) is 23.2 Å². The van der Waals surface area contributed by atoms with Crippen molar-refractivity contribution in [3.05, 3.63) is 0 Å². The van der Waals surface area contributed by atoms with E-state index < -0.39 is 0 Å². The number of aliphatic hydroxyl groups excluding tert-OH is 1. The van der Waals surface area contributed by atoms with E-state index in [0.717, 1.165) is 6.29 Å². The summed E-state index contributed by atoms with van der Waals surface area (Å²) in [7, 11) is 0. The molecule has 0 aliphatic heterocycles. The minimum atomic E-state index is -0.211. The monoisotopic (exact) mass is 168 g/mol. The molecule has 0 aromatic carbocycles. The maximum absolute atomic E-state index is 11.0. The smallest absolute Gasteiger partial charge is 0.126 e. The molecule has 2 fully saturated rings. The molecule has 0 aromatic heterocycles. The van der Waals surface area contributed by atoms with E-state index in [1.807, 2.05) is 6.92 Å². The molecule has 12 heavy (non-hydrogen) atoms. The Hall–Kier alpha value is -0.370. The van der Waals surface area contributed by atoms with E-state index in [1.54, 1.807) is 0 Å². The third kappa shape index (κ3) is 0.817. The molecule has 0 amide bonds. The second-order valence-electron chi connectivity index (χ2n) is 4.54. The van der Waals surface area contributed by atoms with Crippen molar-refractivity contribution in [2.24, 2.45) is 23.2 Å². The Morgan fingerprint density at radius 2 is 2.33 bits per heavy atom. The lowest BCUT2D eigenvalue weighted by Gasteiger charge is -2.35. The molecule has 4 unspecified atom stereocenters. The van der Waals surface area contributed by atoms with Crippen LogP contribution in [0.5, 0.6) is 0 Å². The van der Waals surface area contributed by atoms with Crippen LogP contribution in [0.15, 0.2) is 0 Å². The van der Waals surface area contributed by atoms with E-state index in [2.05, 4.69) is 0 Å². The van der Waals surface area contributed by atoms with Gasteiger partial charge in [0.1, 0.15) is 6.29 Å². The molecule has 2 rings (SSSR count). The fourth-order valence-corrected chi connectivity index (χ4v) is 3.29. The minimum absolute atomic E-state index is 0.191. The van der Waals surface area contributed by atoms with E-state index in [0.29, 0.717) is 11.8 Å². The van der Waals surface area contributed by atoms with Gasteiger partial charge in [-0.2, -0.15) is 0 Å². The van der Waals surface area contributed by atoms with E-state index in [-0.39, 0.29) is 17.9 Å². The number of hydrogen-bond donors (Lipinski definition) is 1. The van der Waals surface area contributed by atoms with Gasteiger partial charge < -0.3 is 9.90 Å². The lowest BCUT2D eigenvalue weighted by Crippen LogP contribution is -2.37. The number of aldehydes is 1. The first-order valence-electron chi connectivity index (χ1n) is 4.79. The predicted octanol–water partition coefficient (Wildman–Crippen LogP) is 1.23. The molecular formula is C10H16O2. The van der Waals surface area contributed by atoms with Gasteiger partial charge in [-0.25, -0.2) is 0 Å². The van der Waals surface area contributed by atoms with Crippen molar-refractivity contribution in [2.45, 2.75) is 26.2 Å². The number of rotatable bonds is 2. The van der Waals surface area contributed by atoms with E-state index in [9.17, 15) is 9.90 Å². The Kier molecular flexibility index (Phi) is 1.76. The molecule has 2 bridgehead atoms. The third-order valence-corrected chi connectivity index (χ3v) is 4.17. The van der Waals surface area contributed by atoms with Crippen LogP contribution >= 0.6 is 0 Å². The van der Waals surface area contributed by atoms with Gasteiger partial charge in [-0.05, 0) is 37.0 Å². The summed E-state index contributed by atoms with van der Waals surface area (Å²) in [6, 6.07) is 0. The molecule has 0 aromatic rings. The maximum atomic E-state index is 11.0. The summed E-state index contributed by atoms with van der Waals surface area (Å²) in [5, 5.41) is 9.20. The fraction of sp³-hybridized carbons (Fsp3) is 0.900. The number of hydrogen-bond acceptors (Lipinski definition) is 2. The maximum Gasteiger partial charge on any atom is 0.126 e. The van der Waals surface area contributed by atoms with Crippen LogP contribution in [-0.2, 0) is 4.79 Å². The fourth-order valence-electron chi connectivity index (χ4n) is 3.29. The summed E-state index contributed by atoms with van der Waals surface area (Å²) in [5.41, 5.74) is -0.211. The second-order valence-corrected chi connectivity index (χ2v) is 4.54. The van der Waals surface area contributed by atoms with Gasteiger partial charge in [-0.1, -0.05) is 6.92 Å². The molecule has 68 valence electrons. The Balaban J connectivity index is 2.27. The van der Waals surface area contributed by atoms with E-state index in [1.165, 1.54) is 19.3 Å². The van der Waals surface area contributed by atoms with Crippen molar-refractivity contribution in [1.82, 2.24) is 0 Å². The Morgan fingerprint density at radius 1 is 1.58 bits per heavy atom. The summed E-state index contributed by atoms with van der Waals surface area (Å²) >= 11 is 0. The largest absolute Gasteiger partial charge is 0.396 e. The molecule has 2 aliphatic carbocycles. The van der Waals surface area contributed by atoms with Crippen molar-refractivity contribution >= 4 is 6.29 Å². The van der Waals surface area contributed by atoms with Crippen LogP contribution in [-0.4, -0.2) is 18.0 Å². The van der Waals surface area contributed by atoms with Crippen LogP contribution in [0.2, 0.25) is 0 Å². The molecule has 0 spiro atoms. The highest BCUT2D eigenvalue weighted by Crippen LogP contribution is 2.58. The zero-order valence-electron chi connectivity index (χ0n) is 7.49. The summed E-state index contributed by atoms with van der Waals surface area (Å²) in [6.07, 6.45) is 4.66. The zero-order chi connectivity index (χ0) is 8.77. The summed E-state index contributed by atoms with van der Waals surface area (Å²) in [5.74, 6) is 1.42. The first kappa shape index (κ1) is 8.24. The molecule has 0 radical (unpaired) electrons. The van der Waals surface area contributed by atoms with Gasteiger partial charge in [0.2, 0.25) is 0 Å². The van der Waals surface area contributed by atoms with Gasteiger partial charge in [0, 0.05) is 12.0 Å². The molecule has 0 heterocycles. The first-order valence-corrected chi connectivity index (χ1v) is 4.79. The lowest BCUT2D eigenvalue weighted by atomic mass is 9.69. The topological polar surface area (TPSA) is 37.3 Å². The van der Waals surface area contributed by atoms with Gasteiger partial charge in [0.25, 0.3) is 0 Å².